The van der Waals surface area contributed by atoms with E-state index in [0.717, 1.165) is 11.1 Å². The van der Waals surface area contributed by atoms with Crippen molar-refractivity contribution in [2.45, 2.75) is 0 Å². The smallest absolute Gasteiger partial charge is 0.379 e. The molecule has 0 N–H and O–H groups in total. The van der Waals surface area contributed by atoms with Crippen molar-refractivity contribution in [2.24, 2.45) is 0 Å². The third-order valence-corrected chi connectivity index (χ3v) is 3.81. The van der Waals surface area contributed by atoms with Gasteiger partial charge in [-0.1, -0.05) is 42.5 Å². The molecular weight excluding hydrogens is 382 g/mol. The lowest BCUT2D eigenvalue weighted by atomic mass is 10.0. The number of carbonyl (C=O) groups excluding carboxylic acids is 1. The number of benzene rings is 2. The van der Waals surface area contributed by atoms with Crippen LogP contribution >= 0.6 is 15.9 Å². The second-order valence-electron chi connectivity index (χ2n) is 5.10. The van der Waals surface area contributed by atoms with Crippen molar-refractivity contribution in [1.29, 1.82) is 5.26 Å². The summed E-state index contributed by atoms with van der Waals surface area (Å²) in [6.07, 6.45) is 1.78. The van der Waals surface area contributed by atoms with E-state index in [2.05, 4.69) is 22.0 Å². The van der Waals surface area contributed by atoms with E-state index in [-0.39, 0.29) is 5.76 Å². The zero-order valence-corrected chi connectivity index (χ0v) is 14.6. The molecule has 0 atom stereocenters. The monoisotopic (exact) mass is 393 g/mol. The van der Waals surface area contributed by atoms with Gasteiger partial charge in [0.25, 0.3) is 0 Å². The highest BCUT2D eigenvalue weighted by Crippen LogP contribution is 2.21. The van der Waals surface area contributed by atoms with Gasteiger partial charge >= 0.3 is 5.97 Å². The van der Waals surface area contributed by atoms with Crippen LogP contribution in [0.1, 0.15) is 21.7 Å². The molecule has 0 fully saturated rings. The van der Waals surface area contributed by atoms with Crippen molar-refractivity contribution in [1.82, 2.24) is 0 Å². The van der Waals surface area contributed by atoms with Crippen LogP contribution in [-0.4, -0.2) is 5.97 Å². The Bertz CT molecular complexity index is 951. The highest BCUT2D eigenvalue weighted by atomic mass is 79.9. The minimum Gasteiger partial charge on any atom is -0.442 e. The maximum atomic E-state index is 11.9. The molecule has 0 radical (unpaired) electrons. The molecule has 0 amide bonds. The second kappa shape index (κ2) is 7.65. The van der Waals surface area contributed by atoms with Crippen LogP contribution in [0.3, 0.4) is 0 Å². The third kappa shape index (κ3) is 4.25. The van der Waals surface area contributed by atoms with Crippen molar-refractivity contribution in [3.8, 4) is 11.8 Å². The van der Waals surface area contributed by atoms with Crippen molar-refractivity contribution in [2.75, 3.05) is 0 Å². The first-order chi connectivity index (χ1) is 12.2. The van der Waals surface area contributed by atoms with Gasteiger partial charge in [0.15, 0.2) is 4.67 Å². The molecule has 3 aromatic rings. The standard InChI is InChI=1S/C20H12BrNO3/c21-19-11-10-18(25-19)20(23)24-17-8-6-14(7-9-17)12-16(13-22)15-4-2-1-3-5-15/h1-12H/b16-12-. The van der Waals surface area contributed by atoms with Crippen molar-refractivity contribution in [3.05, 3.63) is 88.3 Å². The molecule has 0 aliphatic rings. The SMILES string of the molecule is N#C/C(=C/c1ccc(OC(=O)c2ccc(Br)o2)cc1)c1ccccc1. The summed E-state index contributed by atoms with van der Waals surface area (Å²) in [5.41, 5.74) is 2.25. The Hall–Kier alpha value is -3.10. The molecule has 25 heavy (non-hydrogen) atoms. The van der Waals surface area contributed by atoms with Crippen LogP contribution in [-0.2, 0) is 0 Å². The first-order valence-electron chi connectivity index (χ1n) is 7.40. The van der Waals surface area contributed by atoms with E-state index in [1.54, 1.807) is 36.4 Å². The minimum atomic E-state index is -0.573. The predicted molar refractivity (Wildman–Crippen MR) is 97.7 cm³/mol. The summed E-state index contributed by atoms with van der Waals surface area (Å²) in [5, 5.41) is 9.34. The normalized spacial score (nSPS) is 11.0. The van der Waals surface area contributed by atoms with E-state index in [0.29, 0.717) is 16.0 Å². The predicted octanol–water partition coefficient (Wildman–Crippen LogP) is 5.33. The molecule has 4 nitrogen and oxygen atoms in total. The lowest BCUT2D eigenvalue weighted by Crippen LogP contribution is -2.06. The summed E-state index contributed by atoms with van der Waals surface area (Å²) in [6.45, 7) is 0. The Kier molecular flexibility index (Phi) is 5.12. The Balaban J connectivity index is 1.75. The number of ether oxygens (including phenoxy) is 1. The number of nitrogens with zero attached hydrogens (tertiary/aromatic N) is 1. The van der Waals surface area contributed by atoms with E-state index < -0.39 is 5.97 Å². The number of hydrogen-bond acceptors (Lipinski definition) is 4. The zero-order valence-electron chi connectivity index (χ0n) is 13.0. The van der Waals surface area contributed by atoms with Gasteiger partial charge in [-0.2, -0.15) is 5.26 Å². The largest absolute Gasteiger partial charge is 0.442 e. The van der Waals surface area contributed by atoms with E-state index >= 15 is 0 Å². The molecule has 3 rings (SSSR count). The Morgan fingerprint density at radius 2 is 1.76 bits per heavy atom. The summed E-state index contributed by atoms with van der Waals surface area (Å²) in [6, 6.07) is 21.7. The van der Waals surface area contributed by atoms with Gasteiger partial charge in [-0.25, -0.2) is 4.79 Å². The van der Waals surface area contributed by atoms with Crippen LogP contribution in [0.15, 0.2) is 75.8 Å². The molecule has 0 spiro atoms. The molecule has 0 aliphatic carbocycles. The fourth-order valence-electron chi connectivity index (χ4n) is 2.18. The van der Waals surface area contributed by atoms with E-state index in [1.807, 2.05) is 30.3 Å². The number of carbonyl (C=O) groups is 1. The van der Waals surface area contributed by atoms with Crippen LogP contribution < -0.4 is 4.74 Å². The number of furan rings is 1. The zero-order chi connectivity index (χ0) is 17.6. The third-order valence-electron chi connectivity index (χ3n) is 3.38. The number of halogens is 1. The second-order valence-corrected chi connectivity index (χ2v) is 5.88. The molecule has 122 valence electrons. The summed E-state index contributed by atoms with van der Waals surface area (Å²) in [4.78, 5) is 11.9. The van der Waals surface area contributed by atoms with Gasteiger partial charge in [0.2, 0.25) is 5.76 Å². The average molecular weight is 394 g/mol. The molecule has 0 saturated carbocycles. The van der Waals surface area contributed by atoms with Crippen LogP contribution in [0.5, 0.6) is 5.75 Å². The first-order valence-corrected chi connectivity index (χ1v) is 8.20. The van der Waals surface area contributed by atoms with Gasteiger partial charge < -0.3 is 9.15 Å². The number of nitriles is 1. The fraction of sp³-hybridized carbons (Fsp3) is 0. The maximum absolute atomic E-state index is 11.9. The number of esters is 1. The van der Waals surface area contributed by atoms with Crippen LogP contribution in [0.25, 0.3) is 11.6 Å². The van der Waals surface area contributed by atoms with Gasteiger partial charge in [-0.05, 0) is 57.4 Å². The first kappa shape index (κ1) is 16.7. The van der Waals surface area contributed by atoms with Crippen LogP contribution in [0, 0.1) is 11.3 Å². The van der Waals surface area contributed by atoms with E-state index in [1.165, 1.54) is 6.07 Å². The van der Waals surface area contributed by atoms with Gasteiger partial charge in [-0.15, -0.1) is 0 Å². The van der Waals surface area contributed by atoms with E-state index in [9.17, 15) is 10.1 Å². The molecule has 0 saturated heterocycles. The molecule has 0 aliphatic heterocycles. The van der Waals surface area contributed by atoms with Crippen LogP contribution in [0.4, 0.5) is 0 Å². The highest BCUT2D eigenvalue weighted by molar-refractivity contribution is 9.10. The molecule has 5 heteroatoms. The molecule has 1 aromatic heterocycles. The quantitative estimate of drug-likeness (QED) is 0.260. The Morgan fingerprint density at radius 3 is 2.36 bits per heavy atom. The molecule has 1 heterocycles. The van der Waals surface area contributed by atoms with Crippen molar-refractivity contribution in [3.63, 3.8) is 0 Å². The Morgan fingerprint density at radius 1 is 1.04 bits per heavy atom. The van der Waals surface area contributed by atoms with Gasteiger partial charge in [-0.3, -0.25) is 0 Å². The molecule has 0 unspecified atom stereocenters. The van der Waals surface area contributed by atoms with Gasteiger partial charge in [0, 0.05) is 0 Å². The average Bonchev–Trinajstić information content (AvgIpc) is 3.08. The lowest BCUT2D eigenvalue weighted by Gasteiger charge is -2.03. The fourth-order valence-corrected chi connectivity index (χ4v) is 2.48. The van der Waals surface area contributed by atoms with Crippen molar-refractivity contribution >= 4 is 33.5 Å². The number of rotatable bonds is 4. The lowest BCUT2D eigenvalue weighted by molar-refractivity contribution is 0.0700. The van der Waals surface area contributed by atoms with Crippen LogP contribution in [0.2, 0.25) is 0 Å². The number of allylic oxidation sites excluding steroid dienone is 1. The molecule has 2 aromatic carbocycles. The highest BCUT2D eigenvalue weighted by Gasteiger charge is 2.13. The summed E-state index contributed by atoms with van der Waals surface area (Å²) >= 11 is 3.14. The summed E-state index contributed by atoms with van der Waals surface area (Å²) in [5.74, 6) is -0.0597. The van der Waals surface area contributed by atoms with Crippen molar-refractivity contribution < 1.29 is 13.9 Å². The summed E-state index contributed by atoms with van der Waals surface area (Å²) < 4.78 is 10.9. The minimum absolute atomic E-state index is 0.117. The Labute approximate surface area is 153 Å². The molecule has 0 bridgehead atoms. The molecular formula is C20H12BrNO3. The van der Waals surface area contributed by atoms with Gasteiger partial charge in [0.05, 0.1) is 11.6 Å². The van der Waals surface area contributed by atoms with E-state index in [4.69, 9.17) is 9.15 Å². The number of hydrogen-bond donors (Lipinski definition) is 0. The van der Waals surface area contributed by atoms with Gasteiger partial charge in [0.1, 0.15) is 5.75 Å². The topological polar surface area (TPSA) is 63.2 Å². The summed E-state index contributed by atoms with van der Waals surface area (Å²) in [7, 11) is 0. The maximum Gasteiger partial charge on any atom is 0.379 e.